The van der Waals surface area contributed by atoms with Crippen LogP contribution >= 0.6 is 0 Å². The van der Waals surface area contributed by atoms with E-state index in [2.05, 4.69) is 0 Å². The molecule has 0 N–H and O–H groups in total. The summed E-state index contributed by atoms with van der Waals surface area (Å²) in [6.45, 7) is 1.15. The molecule has 0 aromatic rings. The molecular weight excluding hydrogens is 306 g/mol. The van der Waals surface area contributed by atoms with Crippen molar-refractivity contribution in [1.29, 1.82) is 0 Å². The molecule has 2 fully saturated rings. The predicted octanol–water partition coefficient (Wildman–Crippen LogP) is -0.0642. The van der Waals surface area contributed by atoms with Crippen LogP contribution in [0.3, 0.4) is 0 Å². The first-order valence-electron chi connectivity index (χ1n) is 6.55. The van der Waals surface area contributed by atoms with E-state index in [-0.39, 0.29) is 6.04 Å². The predicted molar refractivity (Wildman–Crippen MR) is 73.3 cm³/mol. The van der Waals surface area contributed by atoms with Crippen LogP contribution in [0, 0.1) is 0 Å². The summed E-state index contributed by atoms with van der Waals surface area (Å²) in [5.74, 6) is -0.544. The van der Waals surface area contributed by atoms with Gasteiger partial charge < -0.3 is 9.47 Å². The molecule has 0 unspecified atom stereocenters. The zero-order chi connectivity index (χ0) is 15.0. The van der Waals surface area contributed by atoms with E-state index >= 15 is 0 Å². The fourth-order valence-corrected chi connectivity index (χ4v) is 6.27. The molecule has 0 atom stereocenters. The van der Waals surface area contributed by atoms with Gasteiger partial charge in [0.1, 0.15) is 0 Å². The normalized spacial score (nSPS) is 24.6. The Morgan fingerprint density at radius 3 is 2.05 bits per heavy atom. The fourth-order valence-electron chi connectivity index (χ4n) is 2.77. The highest BCUT2D eigenvalue weighted by atomic mass is 32.3. The van der Waals surface area contributed by atoms with E-state index in [1.807, 2.05) is 0 Å². The lowest BCUT2D eigenvalue weighted by atomic mass is 9.90. The first-order chi connectivity index (χ1) is 9.14. The van der Waals surface area contributed by atoms with Crippen LogP contribution in [-0.2, 0) is 29.3 Å². The third-order valence-electron chi connectivity index (χ3n) is 3.85. The summed E-state index contributed by atoms with van der Waals surface area (Å²) < 4.78 is 58.8. The number of ether oxygens (including phenoxy) is 2. The Balaban J connectivity index is 1.99. The second kappa shape index (κ2) is 5.53. The maximum atomic E-state index is 12.0. The smallest absolute Gasteiger partial charge is 0.228 e. The molecule has 2 aliphatic rings. The molecule has 0 radical (unpaired) electrons. The average Bonchev–Trinajstić information content (AvgIpc) is 2.75. The van der Waals surface area contributed by atoms with Gasteiger partial charge in [-0.3, -0.25) is 0 Å². The van der Waals surface area contributed by atoms with Crippen LogP contribution in [0.2, 0.25) is 0 Å². The molecule has 0 bridgehead atoms. The minimum absolute atomic E-state index is 0.194. The van der Waals surface area contributed by atoms with Gasteiger partial charge in [-0.2, -0.15) is 0 Å². The molecule has 1 saturated carbocycles. The minimum Gasteiger partial charge on any atom is -0.348 e. The third-order valence-corrected chi connectivity index (χ3v) is 7.93. The summed E-state index contributed by atoms with van der Waals surface area (Å²) in [5, 5.41) is -0.842. The summed E-state index contributed by atoms with van der Waals surface area (Å²) in [5.41, 5.74) is 0. The van der Waals surface area contributed by atoms with Gasteiger partial charge in [-0.1, -0.05) is 0 Å². The lowest BCUT2D eigenvalue weighted by Gasteiger charge is -2.38. The van der Waals surface area contributed by atoms with Gasteiger partial charge in [-0.25, -0.2) is 21.1 Å². The van der Waals surface area contributed by atoms with Gasteiger partial charge in [0.2, 0.25) is 10.0 Å². The standard InChI is InChI=1S/C11H21NO6S2/c1-12(20(15,16)9-19(2,13)14)10-3-5-11(6-4-10)17-7-8-18-11/h10H,3-9H2,1-2H3. The summed E-state index contributed by atoms with van der Waals surface area (Å²) in [6.07, 6.45) is 3.42. The first kappa shape index (κ1) is 16.2. The maximum absolute atomic E-state index is 12.0. The van der Waals surface area contributed by atoms with Gasteiger partial charge in [0.05, 0.1) is 13.2 Å². The summed E-state index contributed by atoms with van der Waals surface area (Å²) >= 11 is 0. The second-order valence-electron chi connectivity index (χ2n) is 5.51. The van der Waals surface area contributed by atoms with E-state index in [0.29, 0.717) is 38.9 Å². The molecule has 20 heavy (non-hydrogen) atoms. The molecule has 1 saturated heterocycles. The molecule has 1 aliphatic carbocycles. The Kier molecular flexibility index (Phi) is 4.46. The van der Waals surface area contributed by atoms with Crippen molar-refractivity contribution in [2.75, 3.05) is 31.6 Å². The van der Waals surface area contributed by atoms with Crippen LogP contribution in [0.15, 0.2) is 0 Å². The third kappa shape index (κ3) is 3.70. The van der Waals surface area contributed by atoms with Crippen molar-refractivity contribution in [2.24, 2.45) is 0 Å². The zero-order valence-corrected chi connectivity index (χ0v) is 13.4. The highest BCUT2D eigenvalue weighted by Gasteiger charge is 2.42. The monoisotopic (exact) mass is 327 g/mol. The number of rotatable bonds is 4. The lowest BCUT2D eigenvalue weighted by Crippen LogP contribution is -2.46. The van der Waals surface area contributed by atoms with Crippen LogP contribution in [0.4, 0.5) is 0 Å². The Morgan fingerprint density at radius 2 is 1.60 bits per heavy atom. The van der Waals surface area contributed by atoms with Crippen LogP contribution in [0.25, 0.3) is 0 Å². The van der Waals surface area contributed by atoms with Gasteiger partial charge in [0.25, 0.3) is 0 Å². The Morgan fingerprint density at radius 1 is 1.10 bits per heavy atom. The minimum atomic E-state index is -3.79. The molecule has 1 spiro atoms. The van der Waals surface area contributed by atoms with Crippen LogP contribution in [0.5, 0.6) is 0 Å². The van der Waals surface area contributed by atoms with Crippen molar-refractivity contribution in [1.82, 2.24) is 4.31 Å². The van der Waals surface area contributed by atoms with Crippen molar-refractivity contribution >= 4 is 19.9 Å². The molecular formula is C11H21NO6S2. The summed E-state index contributed by atoms with van der Waals surface area (Å²) in [7, 11) is -5.91. The van der Waals surface area contributed by atoms with Crippen molar-refractivity contribution in [2.45, 2.75) is 37.5 Å². The summed E-state index contributed by atoms with van der Waals surface area (Å²) in [4.78, 5) is 0. The van der Waals surface area contributed by atoms with E-state index in [0.717, 1.165) is 6.26 Å². The number of sulfone groups is 1. The van der Waals surface area contributed by atoms with Gasteiger partial charge in [0, 0.05) is 32.2 Å². The van der Waals surface area contributed by atoms with Crippen molar-refractivity contribution < 1.29 is 26.3 Å². The van der Waals surface area contributed by atoms with E-state index in [1.54, 1.807) is 0 Å². The highest BCUT2D eigenvalue weighted by molar-refractivity contribution is 8.06. The second-order valence-corrected chi connectivity index (χ2v) is 10.0. The molecule has 118 valence electrons. The fraction of sp³-hybridized carbons (Fsp3) is 1.00. The van der Waals surface area contributed by atoms with Crippen LogP contribution in [-0.4, -0.2) is 64.6 Å². The molecule has 0 amide bonds. The number of hydrogen-bond donors (Lipinski definition) is 0. The first-order valence-corrected chi connectivity index (χ1v) is 10.2. The van der Waals surface area contributed by atoms with Crippen LogP contribution < -0.4 is 0 Å². The average molecular weight is 327 g/mol. The van der Waals surface area contributed by atoms with Crippen molar-refractivity contribution in [3.05, 3.63) is 0 Å². The topological polar surface area (TPSA) is 90.0 Å². The molecule has 9 heteroatoms. The number of nitrogens with zero attached hydrogens (tertiary/aromatic N) is 1. The quantitative estimate of drug-likeness (QED) is 0.718. The van der Waals surface area contributed by atoms with E-state index < -0.39 is 30.7 Å². The van der Waals surface area contributed by atoms with Gasteiger partial charge in [0.15, 0.2) is 20.7 Å². The van der Waals surface area contributed by atoms with Crippen LogP contribution in [0.1, 0.15) is 25.7 Å². The Labute approximate surface area is 120 Å². The molecule has 0 aromatic carbocycles. The maximum Gasteiger partial charge on any atom is 0.228 e. The molecule has 2 rings (SSSR count). The number of sulfonamides is 1. The van der Waals surface area contributed by atoms with E-state index in [9.17, 15) is 16.8 Å². The van der Waals surface area contributed by atoms with E-state index in [1.165, 1.54) is 11.4 Å². The summed E-state index contributed by atoms with van der Waals surface area (Å²) in [6, 6.07) is -0.194. The molecule has 7 nitrogen and oxygen atoms in total. The SMILES string of the molecule is CN(C1CCC2(CC1)OCCO2)S(=O)(=O)CS(C)(=O)=O. The lowest BCUT2D eigenvalue weighted by molar-refractivity contribution is -0.181. The van der Waals surface area contributed by atoms with Gasteiger partial charge >= 0.3 is 0 Å². The Hall–Kier alpha value is -0.220. The molecule has 1 aliphatic heterocycles. The highest BCUT2D eigenvalue weighted by Crippen LogP contribution is 2.37. The zero-order valence-electron chi connectivity index (χ0n) is 11.7. The van der Waals surface area contributed by atoms with Crippen molar-refractivity contribution in [3.63, 3.8) is 0 Å². The largest absolute Gasteiger partial charge is 0.348 e. The van der Waals surface area contributed by atoms with Gasteiger partial charge in [-0.15, -0.1) is 0 Å². The Bertz CT molecular complexity index is 539. The van der Waals surface area contributed by atoms with Crippen molar-refractivity contribution in [3.8, 4) is 0 Å². The molecule has 1 heterocycles. The molecule has 0 aromatic heterocycles. The van der Waals surface area contributed by atoms with Gasteiger partial charge in [-0.05, 0) is 12.8 Å². The van der Waals surface area contributed by atoms with E-state index in [4.69, 9.17) is 9.47 Å². The number of hydrogen-bond acceptors (Lipinski definition) is 6.